The summed E-state index contributed by atoms with van der Waals surface area (Å²) in [5, 5.41) is 3.84. The molecule has 0 fully saturated rings. The second-order valence-electron chi connectivity index (χ2n) is 5.98. The van der Waals surface area contributed by atoms with E-state index in [4.69, 9.17) is 32.7 Å². The van der Waals surface area contributed by atoms with Crippen LogP contribution in [0.3, 0.4) is 0 Å². The molecular weight excluding hydrogens is 399 g/mol. The van der Waals surface area contributed by atoms with Crippen LogP contribution in [0.1, 0.15) is 11.3 Å². The number of nitrogens with one attached hydrogen (secondary N) is 1. The predicted molar refractivity (Wildman–Crippen MR) is 110 cm³/mol. The zero-order chi connectivity index (χ0) is 19.9. The second kappa shape index (κ2) is 9.55. The zero-order valence-electron chi connectivity index (χ0n) is 15.1. The van der Waals surface area contributed by atoms with Crippen LogP contribution >= 0.6 is 23.2 Å². The molecule has 5 nitrogen and oxygen atoms in total. The van der Waals surface area contributed by atoms with Crippen molar-refractivity contribution < 1.29 is 14.3 Å². The number of benzene rings is 2. The van der Waals surface area contributed by atoms with E-state index in [0.717, 1.165) is 5.56 Å². The number of hydrogen-bond donors (Lipinski definition) is 1. The number of hydrogen-bond acceptors (Lipinski definition) is 4. The molecular formula is C21H18Cl2N2O3. The van der Waals surface area contributed by atoms with Gasteiger partial charge >= 0.3 is 0 Å². The lowest BCUT2D eigenvalue weighted by atomic mass is 10.1. The Morgan fingerprint density at radius 2 is 1.64 bits per heavy atom. The Kier molecular flexibility index (Phi) is 6.87. The van der Waals surface area contributed by atoms with Crippen LogP contribution in [-0.4, -0.2) is 18.0 Å². The monoisotopic (exact) mass is 416 g/mol. The predicted octanol–water partition coefficient (Wildman–Crippen LogP) is 5.51. The van der Waals surface area contributed by atoms with Crippen molar-refractivity contribution in [1.82, 2.24) is 4.98 Å². The summed E-state index contributed by atoms with van der Waals surface area (Å²) in [6.07, 6.45) is 1.79. The Balaban J connectivity index is 1.60. The molecule has 0 saturated heterocycles. The SMILES string of the molecule is COCc1nccc(NC(=O)Cc2ccc(Oc3ccc(Cl)cc3)cc2)c1Cl. The second-order valence-corrected chi connectivity index (χ2v) is 6.79. The van der Waals surface area contributed by atoms with Gasteiger partial charge in [0.2, 0.25) is 5.91 Å². The fourth-order valence-corrected chi connectivity index (χ4v) is 2.85. The molecule has 0 aliphatic carbocycles. The highest BCUT2D eigenvalue weighted by Crippen LogP contribution is 2.26. The standard InChI is InChI=1S/C21H18Cl2N2O3/c1-27-13-19-21(23)18(10-11-24-19)25-20(26)12-14-2-6-16(7-3-14)28-17-8-4-15(22)5-9-17/h2-11H,12-13H2,1H3,(H,24,25,26). The molecule has 3 rings (SSSR count). The van der Waals surface area contributed by atoms with Crippen molar-refractivity contribution in [1.29, 1.82) is 0 Å². The van der Waals surface area contributed by atoms with Crippen molar-refractivity contribution in [2.45, 2.75) is 13.0 Å². The molecule has 1 amide bonds. The number of aromatic nitrogens is 1. The van der Waals surface area contributed by atoms with E-state index in [1.807, 2.05) is 24.3 Å². The van der Waals surface area contributed by atoms with E-state index in [1.54, 1.807) is 43.6 Å². The molecule has 0 unspecified atom stereocenters. The summed E-state index contributed by atoms with van der Waals surface area (Å²) in [7, 11) is 1.56. The Morgan fingerprint density at radius 1 is 1.00 bits per heavy atom. The average molecular weight is 417 g/mol. The topological polar surface area (TPSA) is 60.5 Å². The molecule has 0 saturated carbocycles. The Morgan fingerprint density at radius 3 is 2.29 bits per heavy atom. The zero-order valence-corrected chi connectivity index (χ0v) is 16.6. The lowest BCUT2D eigenvalue weighted by Crippen LogP contribution is -2.15. The molecule has 1 N–H and O–H groups in total. The molecule has 0 bridgehead atoms. The van der Waals surface area contributed by atoms with Gasteiger partial charge in [-0.25, -0.2) is 0 Å². The molecule has 1 heterocycles. The van der Waals surface area contributed by atoms with E-state index >= 15 is 0 Å². The van der Waals surface area contributed by atoms with Crippen LogP contribution in [0.5, 0.6) is 11.5 Å². The van der Waals surface area contributed by atoms with Gasteiger partial charge in [-0.3, -0.25) is 9.78 Å². The maximum absolute atomic E-state index is 12.3. The first kappa shape index (κ1) is 20.1. The number of nitrogens with zero attached hydrogens (tertiary/aromatic N) is 1. The van der Waals surface area contributed by atoms with Crippen LogP contribution in [0, 0.1) is 0 Å². The molecule has 0 aliphatic heterocycles. The molecule has 0 spiro atoms. The van der Waals surface area contributed by atoms with Gasteiger partial charge in [0.1, 0.15) is 11.5 Å². The number of methoxy groups -OCH3 is 1. The van der Waals surface area contributed by atoms with Gasteiger partial charge < -0.3 is 14.8 Å². The van der Waals surface area contributed by atoms with Gasteiger partial charge in [-0.05, 0) is 48.0 Å². The highest BCUT2D eigenvalue weighted by atomic mass is 35.5. The van der Waals surface area contributed by atoms with Gasteiger partial charge in [-0.2, -0.15) is 0 Å². The smallest absolute Gasteiger partial charge is 0.228 e. The van der Waals surface area contributed by atoms with Crippen LogP contribution in [0.15, 0.2) is 60.8 Å². The first-order valence-corrected chi connectivity index (χ1v) is 9.25. The van der Waals surface area contributed by atoms with Gasteiger partial charge in [0.05, 0.1) is 29.4 Å². The maximum atomic E-state index is 12.3. The number of anilines is 1. The fraction of sp³-hybridized carbons (Fsp3) is 0.143. The van der Waals surface area contributed by atoms with Gasteiger partial charge in [0, 0.05) is 18.3 Å². The van der Waals surface area contributed by atoms with Gasteiger partial charge in [-0.1, -0.05) is 35.3 Å². The summed E-state index contributed by atoms with van der Waals surface area (Å²) in [6, 6.07) is 16.1. The first-order chi connectivity index (χ1) is 13.5. The molecule has 2 aromatic carbocycles. The quantitative estimate of drug-likeness (QED) is 0.551. The number of halogens is 2. The lowest BCUT2D eigenvalue weighted by Gasteiger charge is -2.10. The minimum atomic E-state index is -0.178. The largest absolute Gasteiger partial charge is 0.457 e. The Hall–Kier alpha value is -2.60. The Bertz CT molecular complexity index is 945. The van der Waals surface area contributed by atoms with Crippen molar-refractivity contribution in [2.75, 3.05) is 12.4 Å². The molecule has 144 valence electrons. The molecule has 7 heteroatoms. The van der Waals surface area contributed by atoms with E-state index in [0.29, 0.717) is 32.9 Å². The van der Waals surface area contributed by atoms with Gasteiger partial charge in [0.25, 0.3) is 0 Å². The summed E-state index contributed by atoms with van der Waals surface area (Å²) in [6.45, 7) is 0.275. The maximum Gasteiger partial charge on any atom is 0.228 e. The van der Waals surface area contributed by atoms with E-state index in [9.17, 15) is 4.79 Å². The highest BCUT2D eigenvalue weighted by molar-refractivity contribution is 6.34. The summed E-state index contributed by atoms with van der Waals surface area (Å²) in [5.74, 6) is 1.18. The number of rotatable bonds is 7. The van der Waals surface area contributed by atoms with E-state index in [1.165, 1.54) is 0 Å². The van der Waals surface area contributed by atoms with Crippen LogP contribution < -0.4 is 10.1 Å². The molecule has 0 aliphatic rings. The normalized spacial score (nSPS) is 10.5. The minimum absolute atomic E-state index is 0.178. The average Bonchev–Trinajstić information content (AvgIpc) is 2.68. The summed E-state index contributed by atoms with van der Waals surface area (Å²) >= 11 is 12.1. The van der Waals surface area contributed by atoms with Crippen molar-refractivity contribution in [3.05, 3.63) is 82.1 Å². The molecule has 0 atom stereocenters. The Labute approximate surface area is 173 Å². The van der Waals surface area contributed by atoms with Crippen LogP contribution in [0.2, 0.25) is 10.0 Å². The summed E-state index contributed by atoms with van der Waals surface area (Å²) < 4.78 is 10.8. The number of pyridine rings is 1. The highest BCUT2D eigenvalue weighted by Gasteiger charge is 2.11. The molecule has 1 aromatic heterocycles. The number of amides is 1. The summed E-state index contributed by atoms with van der Waals surface area (Å²) in [5.41, 5.74) is 1.94. The summed E-state index contributed by atoms with van der Waals surface area (Å²) in [4.78, 5) is 16.5. The third kappa shape index (κ3) is 5.45. The number of carbonyl (C=O) groups excluding carboxylic acids is 1. The van der Waals surface area contributed by atoms with Crippen molar-refractivity contribution in [3.63, 3.8) is 0 Å². The van der Waals surface area contributed by atoms with Crippen molar-refractivity contribution >= 4 is 34.8 Å². The first-order valence-electron chi connectivity index (χ1n) is 8.49. The van der Waals surface area contributed by atoms with Gasteiger partial charge in [0.15, 0.2) is 0 Å². The van der Waals surface area contributed by atoms with Gasteiger partial charge in [-0.15, -0.1) is 0 Å². The molecule has 28 heavy (non-hydrogen) atoms. The van der Waals surface area contributed by atoms with E-state index < -0.39 is 0 Å². The van der Waals surface area contributed by atoms with Crippen LogP contribution in [0.25, 0.3) is 0 Å². The minimum Gasteiger partial charge on any atom is -0.457 e. The molecule has 3 aromatic rings. The van der Waals surface area contributed by atoms with Crippen LogP contribution in [-0.2, 0) is 22.6 Å². The third-order valence-electron chi connectivity index (χ3n) is 3.85. The third-order valence-corrected chi connectivity index (χ3v) is 4.53. The fourth-order valence-electron chi connectivity index (χ4n) is 2.51. The lowest BCUT2D eigenvalue weighted by molar-refractivity contribution is -0.115. The number of carbonyl (C=O) groups is 1. The molecule has 0 radical (unpaired) electrons. The van der Waals surface area contributed by atoms with Crippen LogP contribution in [0.4, 0.5) is 5.69 Å². The van der Waals surface area contributed by atoms with E-state index in [2.05, 4.69) is 10.3 Å². The van der Waals surface area contributed by atoms with Crippen molar-refractivity contribution in [3.8, 4) is 11.5 Å². The van der Waals surface area contributed by atoms with Crippen molar-refractivity contribution in [2.24, 2.45) is 0 Å². The number of ether oxygens (including phenoxy) is 2. The van der Waals surface area contributed by atoms with E-state index in [-0.39, 0.29) is 18.9 Å².